The molecule has 0 aromatic heterocycles. The Labute approximate surface area is 317 Å². The molecule has 1 saturated carbocycles. The zero-order chi connectivity index (χ0) is 40.4. The maximum absolute atomic E-state index is 5.40. The molecule has 50 heavy (non-hydrogen) atoms. The van der Waals surface area contributed by atoms with Gasteiger partial charge < -0.3 is 0 Å². The van der Waals surface area contributed by atoms with E-state index in [9.17, 15) is 0 Å². The summed E-state index contributed by atoms with van der Waals surface area (Å²) in [6.45, 7) is 53.2. The van der Waals surface area contributed by atoms with E-state index in [1.165, 1.54) is 55.2 Å². The molecule has 0 heterocycles. The second-order valence-corrected chi connectivity index (χ2v) is 13.5. The molecule has 1 aliphatic carbocycles. The average molecular weight is 687 g/mol. The van der Waals surface area contributed by atoms with Crippen LogP contribution < -0.4 is 0 Å². The fraction of sp³-hybridized carbons (Fsp3) is 0.560. The summed E-state index contributed by atoms with van der Waals surface area (Å²) in [4.78, 5) is 0. The lowest BCUT2D eigenvalue weighted by molar-refractivity contribution is 0.480. The molecule has 286 valence electrons. The number of rotatable bonds is 11. The van der Waals surface area contributed by atoms with E-state index in [1.54, 1.807) is 0 Å². The van der Waals surface area contributed by atoms with Gasteiger partial charge in [-0.25, -0.2) is 0 Å². The summed E-state index contributed by atoms with van der Waals surface area (Å²) in [7, 11) is 0. The summed E-state index contributed by atoms with van der Waals surface area (Å²) in [6.07, 6.45) is 21.7. The molecule has 0 aliphatic heterocycles. The second kappa shape index (κ2) is 37.2. The first-order chi connectivity index (χ1) is 23.5. The van der Waals surface area contributed by atoms with Gasteiger partial charge >= 0.3 is 0 Å². The van der Waals surface area contributed by atoms with Crippen molar-refractivity contribution in [2.75, 3.05) is 0 Å². The van der Waals surface area contributed by atoms with Gasteiger partial charge in [0.15, 0.2) is 0 Å². The van der Waals surface area contributed by atoms with Crippen LogP contribution in [0.15, 0.2) is 96.7 Å². The standard InChI is InChI=1S/C14H14.C12H18.C8H16.C8H18.C4H8.2C2H6/c1-5-7-11(3)14-9-8-12(4)13(6-2)10-14;1-9(2)7-8-12(10(3)4)11(5)6;1-4-7-6(3)8(7)5-2;1-4-6-8(3)7-5-2;1-4(2)3;2*1-2/h2,5,7-10H,3H2,1,4H3;7-8H,1,3H2,2,4-6H3;6-8H,4-5H2,1-3H3;8H,4-7H2,1-3H3;1H2,2-3H3;2*1-2H3/b7-5-;8-7-;;;;;. The first kappa shape index (κ1) is 56.3. The first-order valence-corrected chi connectivity index (χ1v) is 19.7. The van der Waals surface area contributed by atoms with Crippen LogP contribution in [0.4, 0.5) is 0 Å². The van der Waals surface area contributed by atoms with Crippen molar-refractivity contribution < 1.29 is 0 Å². The molecular formula is C50H86. The lowest BCUT2D eigenvalue weighted by Gasteiger charge is -2.05. The number of benzene rings is 1. The molecule has 0 saturated heterocycles. The van der Waals surface area contributed by atoms with E-state index in [4.69, 9.17) is 6.42 Å². The number of aryl methyl sites for hydroxylation is 1. The fourth-order valence-corrected chi connectivity index (χ4v) is 5.35. The molecule has 1 aromatic rings. The Morgan fingerprint density at radius 2 is 1.24 bits per heavy atom. The number of allylic oxidation sites excluding steroid dienone is 10. The Kier molecular flexibility index (Phi) is 41.9. The minimum atomic E-state index is 0.938. The molecular weight excluding hydrogens is 601 g/mol. The van der Waals surface area contributed by atoms with E-state index in [1.807, 2.05) is 106 Å². The molecule has 0 nitrogen and oxygen atoms in total. The van der Waals surface area contributed by atoms with Crippen LogP contribution >= 0.6 is 0 Å². The van der Waals surface area contributed by atoms with E-state index in [-0.39, 0.29) is 0 Å². The van der Waals surface area contributed by atoms with Crippen molar-refractivity contribution in [1.29, 1.82) is 0 Å². The molecule has 1 aliphatic rings. The fourth-order valence-electron chi connectivity index (χ4n) is 5.35. The van der Waals surface area contributed by atoms with Crippen LogP contribution in [0.2, 0.25) is 0 Å². The Hall–Kier alpha value is -3.04. The molecule has 1 fully saturated rings. The van der Waals surface area contributed by atoms with Crippen LogP contribution in [0.3, 0.4) is 0 Å². The van der Waals surface area contributed by atoms with Crippen molar-refractivity contribution in [3.63, 3.8) is 0 Å². The molecule has 0 N–H and O–H groups in total. The van der Waals surface area contributed by atoms with Crippen LogP contribution in [0.5, 0.6) is 0 Å². The summed E-state index contributed by atoms with van der Waals surface area (Å²) in [6, 6.07) is 6.06. The van der Waals surface area contributed by atoms with Crippen LogP contribution in [0.25, 0.3) is 5.57 Å². The number of terminal acetylenes is 1. The monoisotopic (exact) mass is 687 g/mol. The van der Waals surface area contributed by atoms with Crippen LogP contribution in [-0.2, 0) is 0 Å². The lowest BCUT2D eigenvalue weighted by atomic mass is 10.0. The SMILES string of the molecule is C#Cc1cc(C(=C)/C=C\C)ccc1C.C=C(C)/C=C\C(C(=C)C)=C(C)C.C=C(C)C.CC.CC.CCC1C(C)C1CC.CCCC(C)CCC. The summed E-state index contributed by atoms with van der Waals surface area (Å²) in [5, 5.41) is 0. The normalized spacial score (nSPS) is 14.8. The smallest absolute Gasteiger partial charge is 0.0277 e. The molecule has 0 bridgehead atoms. The first-order valence-electron chi connectivity index (χ1n) is 19.7. The lowest BCUT2D eigenvalue weighted by Crippen LogP contribution is -1.91. The van der Waals surface area contributed by atoms with Crippen LogP contribution in [0.1, 0.15) is 173 Å². The van der Waals surface area contributed by atoms with Gasteiger partial charge in [-0.15, -0.1) is 13.0 Å². The minimum Gasteiger partial charge on any atom is -0.115 e. The van der Waals surface area contributed by atoms with Gasteiger partial charge in [-0.3, -0.25) is 0 Å². The van der Waals surface area contributed by atoms with E-state index in [2.05, 4.69) is 93.7 Å². The molecule has 0 heteroatoms. The zero-order valence-electron chi connectivity index (χ0n) is 37.0. The quantitative estimate of drug-likeness (QED) is 0.123. The average Bonchev–Trinajstić information content (AvgIpc) is 3.71. The number of hydrogen-bond acceptors (Lipinski definition) is 0. The van der Waals surface area contributed by atoms with Gasteiger partial charge in [-0.05, 0) is 107 Å². The van der Waals surface area contributed by atoms with Gasteiger partial charge in [0.2, 0.25) is 0 Å². The highest BCUT2D eigenvalue weighted by atomic mass is 14.5. The maximum atomic E-state index is 5.40. The highest BCUT2D eigenvalue weighted by molar-refractivity contribution is 5.73. The van der Waals surface area contributed by atoms with E-state index in [0.717, 1.165) is 57.1 Å². The molecule has 0 amide bonds. The van der Waals surface area contributed by atoms with Gasteiger partial charge in [-0.1, -0.05) is 192 Å². The van der Waals surface area contributed by atoms with Crippen LogP contribution in [0, 0.1) is 42.9 Å². The van der Waals surface area contributed by atoms with E-state index < -0.39 is 0 Å². The van der Waals surface area contributed by atoms with Gasteiger partial charge in [0.25, 0.3) is 0 Å². The Morgan fingerprint density at radius 3 is 1.52 bits per heavy atom. The third-order valence-electron chi connectivity index (χ3n) is 7.93. The van der Waals surface area contributed by atoms with Gasteiger partial charge in [0.1, 0.15) is 0 Å². The summed E-state index contributed by atoms with van der Waals surface area (Å²) < 4.78 is 0. The van der Waals surface area contributed by atoms with Crippen molar-refractivity contribution >= 4 is 5.57 Å². The number of hydrogen-bond donors (Lipinski definition) is 0. The minimum absolute atomic E-state index is 0.938. The second-order valence-electron chi connectivity index (χ2n) is 13.5. The predicted molar refractivity (Wildman–Crippen MR) is 239 cm³/mol. The van der Waals surface area contributed by atoms with Crippen molar-refractivity contribution in [2.24, 2.45) is 23.7 Å². The summed E-state index contributed by atoms with van der Waals surface area (Å²) >= 11 is 0. The Balaban J connectivity index is -0.000000171. The van der Waals surface area contributed by atoms with Crippen LogP contribution in [-0.4, -0.2) is 0 Å². The molecule has 0 spiro atoms. The van der Waals surface area contributed by atoms with Crippen molar-refractivity contribution in [1.82, 2.24) is 0 Å². The van der Waals surface area contributed by atoms with E-state index in [0.29, 0.717) is 0 Å². The highest BCUT2D eigenvalue weighted by Crippen LogP contribution is 2.49. The zero-order valence-corrected chi connectivity index (χ0v) is 37.0. The molecule has 2 rings (SSSR count). The topological polar surface area (TPSA) is 0 Å². The molecule has 1 aromatic carbocycles. The highest BCUT2D eigenvalue weighted by Gasteiger charge is 2.42. The Morgan fingerprint density at radius 1 is 0.800 bits per heavy atom. The van der Waals surface area contributed by atoms with Crippen molar-refractivity contribution in [3.05, 3.63) is 113 Å². The van der Waals surface area contributed by atoms with Gasteiger partial charge in [0.05, 0.1) is 0 Å². The van der Waals surface area contributed by atoms with Gasteiger partial charge in [-0.2, -0.15) is 0 Å². The molecule has 2 unspecified atom stereocenters. The van der Waals surface area contributed by atoms with E-state index >= 15 is 0 Å². The summed E-state index contributed by atoms with van der Waals surface area (Å²) in [5.74, 6) is 6.84. The molecule has 2 atom stereocenters. The Bertz CT molecular complexity index is 1140. The summed E-state index contributed by atoms with van der Waals surface area (Å²) in [5.41, 5.74) is 9.99. The van der Waals surface area contributed by atoms with Crippen molar-refractivity contribution in [3.8, 4) is 12.3 Å². The molecule has 0 radical (unpaired) electrons. The third kappa shape index (κ3) is 32.2. The third-order valence-corrected chi connectivity index (χ3v) is 7.93. The van der Waals surface area contributed by atoms with Crippen molar-refractivity contribution in [2.45, 2.75) is 163 Å². The largest absolute Gasteiger partial charge is 0.115 e. The maximum Gasteiger partial charge on any atom is 0.0277 e. The predicted octanol–water partition coefficient (Wildman–Crippen LogP) is 17.1. The van der Waals surface area contributed by atoms with Gasteiger partial charge in [0, 0.05) is 5.56 Å².